The van der Waals surface area contributed by atoms with Gasteiger partial charge in [-0.1, -0.05) is 13.0 Å². The van der Waals surface area contributed by atoms with E-state index in [-0.39, 0.29) is 28.7 Å². The Bertz CT molecular complexity index is 611. The van der Waals surface area contributed by atoms with Gasteiger partial charge in [0.2, 0.25) is 10.0 Å². The Balaban J connectivity index is 3.23. The molecule has 1 amide bonds. The van der Waals surface area contributed by atoms with Crippen LogP contribution in [-0.2, 0) is 10.0 Å². The fraction of sp³-hybridized carbons (Fsp3) is 0.357. The largest absolute Gasteiger partial charge is 0.492 e. The molecular weight excluding hydrogens is 292 g/mol. The molecule has 0 radical (unpaired) electrons. The molecule has 2 N–H and O–H groups in total. The summed E-state index contributed by atoms with van der Waals surface area (Å²) >= 11 is 0. The van der Waals surface area contributed by atoms with Gasteiger partial charge in [0, 0.05) is 18.7 Å². The molecule has 0 fully saturated rings. The highest BCUT2D eigenvalue weighted by Crippen LogP contribution is 2.25. The molecule has 0 atom stereocenters. The lowest BCUT2D eigenvalue weighted by Crippen LogP contribution is -2.26. The monoisotopic (exact) mass is 312 g/mol. The van der Waals surface area contributed by atoms with E-state index in [0.717, 1.165) is 0 Å². The average molecular weight is 312 g/mol. The van der Waals surface area contributed by atoms with Crippen molar-refractivity contribution in [2.45, 2.75) is 18.7 Å². The first-order valence-electron chi connectivity index (χ1n) is 6.61. The molecule has 0 saturated heterocycles. The number of rotatable bonds is 8. The number of carbonyl (C=O) groups excluding carboxylic acids is 1. The van der Waals surface area contributed by atoms with Crippen LogP contribution in [-0.4, -0.2) is 34.0 Å². The van der Waals surface area contributed by atoms with E-state index in [1.165, 1.54) is 18.2 Å². The number of hydrogen-bond donors (Lipinski definition) is 2. The second-order valence-electron chi connectivity index (χ2n) is 4.09. The number of carbonyl (C=O) groups is 1. The van der Waals surface area contributed by atoms with E-state index in [1.807, 2.05) is 0 Å². The number of benzene rings is 1. The maximum absolute atomic E-state index is 12.2. The number of hydrogen-bond acceptors (Lipinski definition) is 4. The summed E-state index contributed by atoms with van der Waals surface area (Å²) in [6.45, 7) is 7.83. The van der Waals surface area contributed by atoms with Crippen LogP contribution >= 0.6 is 0 Å². The molecule has 21 heavy (non-hydrogen) atoms. The maximum Gasteiger partial charge on any atom is 0.251 e. The fourth-order valence-corrected chi connectivity index (χ4v) is 2.88. The molecule has 7 heteroatoms. The van der Waals surface area contributed by atoms with Crippen LogP contribution in [0.5, 0.6) is 5.75 Å². The predicted octanol–water partition coefficient (Wildman–Crippen LogP) is 1.30. The highest BCUT2D eigenvalue weighted by molar-refractivity contribution is 7.89. The Morgan fingerprint density at radius 2 is 2.10 bits per heavy atom. The molecule has 0 aliphatic heterocycles. The second-order valence-corrected chi connectivity index (χ2v) is 5.83. The average Bonchev–Trinajstić information content (AvgIpc) is 2.45. The molecule has 6 nitrogen and oxygen atoms in total. The molecule has 0 bridgehead atoms. The zero-order valence-corrected chi connectivity index (χ0v) is 13.0. The van der Waals surface area contributed by atoms with Crippen molar-refractivity contribution in [2.75, 3.05) is 19.7 Å². The summed E-state index contributed by atoms with van der Waals surface area (Å²) in [5.41, 5.74) is 0.247. The lowest BCUT2D eigenvalue weighted by Gasteiger charge is -2.12. The van der Waals surface area contributed by atoms with Gasteiger partial charge in [-0.2, -0.15) is 0 Å². The second kappa shape index (κ2) is 7.80. The van der Waals surface area contributed by atoms with Crippen molar-refractivity contribution >= 4 is 15.9 Å². The van der Waals surface area contributed by atoms with E-state index in [9.17, 15) is 13.2 Å². The molecule has 0 saturated carbocycles. The minimum Gasteiger partial charge on any atom is -0.492 e. The van der Waals surface area contributed by atoms with Crippen LogP contribution in [0, 0.1) is 0 Å². The molecule has 116 valence electrons. The Morgan fingerprint density at radius 1 is 1.38 bits per heavy atom. The van der Waals surface area contributed by atoms with Gasteiger partial charge in [-0.15, -0.1) is 6.58 Å². The van der Waals surface area contributed by atoms with Gasteiger partial charge >= 0.3 is 0 Å². The van der Waals surface area contributed by atoms with E-state index < -0.39 is 10.0 Å². The molecule has 0 heterocycles. The lowest BCUT2D eigenvalue weighted by atomic mass is 10.2. The molecular formula is C14H20N2O4S. The first kappa shape index (κ1) is 17.2. The Kier molecular flexibility index (Phi) is 6.39. The third-order valence-electron chi connectivity index (χ3n) is 2.54. The zero-order chi connectivity index (χ0) is 15.9. The predicted molar refractivity (Wildman–Crippen MR) is 81.0 cm³/mol. The topological polar surface area (TPSA) is 84.5 Å². The smallest absolute Gasteiger partial charge is 0.251 e. The van der Waals surface area contributed by atoms with Crippen LogP contribution in [0.25, 0.3) is 0 Å². The molecule has 1 aromatic carbocycles. The number of amides is 1. The molecule has 0 aliphatic rings. The van der Waals surface area contributed by atoms with E-state index >= 15 is 0 Å². The van der Waals surface area contributed by atoms with Crippen LogP contribution in [0.1, 0.15) is 24.2 Å². The van der Waals surface area contributed by atoms with E-state index in [0.29, 0.717) is 13.2 Å². The number of nitrogens with one attached hydrogen (secondary N) is 2. The Morgan fingerprint density at radius 3 is 2.67 bits per heavy atom. The Labute approximate surface area is 125 Å². The summed E-state index contributed by atoms with van der Waals surface area (Å²) in [6, 6.07) is 4.31. The van der Waals surface area contributed by atoms with Gasteiger partial charge in [-0.3, -0.25) is 4.79 Å². The first-order valence-corrected chi connectivity index (χ1v) is 8.10. The first-order chi connectivity index (χ1) is 9.96. The van der Waals surface area contributed by atoms with Gasteiger partial charge in [0.25, 0.3) is 5.91 Å². The normalized spacial score (nSPS) is 11.0. The Hall–Kier alpha value is -1.86. The van der Waals surface area contributed by atoms with Crippen molar-refractivity contribution in [1.29, 1.82) is 0 Å². The van der Waals surface area contributed by atoms with Crippen molar-refractivity contribution in [3.05, 3.63) is 36.4 Å². The summed E-state index contributed by atoms with van der Waals surface area (Å²) in [6.07, 6.45) is 1.54. The van der Waals surface area contributed by atoms with Crippen molar-refractivity contribution in [2.24, 2.45) is 0 Å². The van der Waals surface area contributed by atoms with Crippen LogP contribution in [0.4, 0.5) is 0 Å². The summed E-state index contributed by atoms with van der Waals surface area (Å²) < 4.78 is 32.1. The van der Waals surface area contributed by atoms with Gasteiger partial charge < -0.3 is 10.1 Å². The van der Waals surface area contributed by atoms with Crippen LogP contribution in [0.15, 0.2) is 35.7 Å². The fourth-order valence-electron chi connectivity index (χ4n) is 1.67. The van der Waals surface area contributed by atoms with Gasteiger partial charge in [0.15, 0.2) is 0 Å². The molecule has 1 aromatic rings. The number of sulfonamides is 1. The van der Waals surface area contributed by atoms with E-state index in [4.69, 9.17) is 4.74 Å². The summed E-state index contributed by atoms with van der Waals surface area (Å²) in [4.78, 5) is 11.9. The van der Waals surface area contributed by atoms with Crippen LogP contribution < -0.4 is 14.8 Å². The van der Waals surface area contributed by atoms with Gasteiger partial charge in [-0.25, -0.2) is 13.1 Å². The van der Waals surface area contributed by atoms with Gasteiger partial charge in [0.1, 0.15) is 10.6 Å². The lowest BCUT2D eigenvalue weighted by molar-refractivity contribution is 0.0957. The summed E-state index contributed by atoms with van der Waals surface area (Å²) in [5, 5.41) is 2.60. The highest BCUT2D eigenvalue weighted by atomic mass is 32.2. The number of ether oxygens (including phenoxy) is 1. The SMILES string of the molecule is C=CCNC(=O)c1ccc(OCC)c(S(=O)(=O)NCC)c1. The quantitative estimate of drug-likeness (QED) is 0.709. The molecule has 0 spiro atoms. The van der Waals surface area contributed by atoms with Crippen molar-refractivity contribution in [3.8, 4) is 5.75 Å². The van der Waals surface area contributed by atoms with E-state index in [1.54, 1.807) is 19.9 Å². The van der Waals surface area contributed by atoms with Crippen LogP contribution in [0.3, 0.4) is 0 Å². The summed E-state index contributed by atoms with van der Waals surface area (Å²) in [5.74, 6) is -0.149. The minimum atomic E-state index is -3.71. The molecule has 0 unspecified atom stereocenters. The van der Waals surface area contributed by atoms with Gasteiger partial charge in [-0.05, 0) is 25.1 Å². The van der Waals surface area contributed by atoms with Crippen molar-refractivity contribution in [1.82, 2.24) is 10.0 Å². The van der Waals surface area contributed by atoms with Crippen LogP contribution in [0.2, 0.25) is 0 Å². The standard InChI is InChI=1S/C14H20N2O4S/c1-4-9-15-14(17)11-7-8-12(20-6-3)13(10-11)21(18,19)16-5-2/h4,7-8,10,16H,1,5-6,9H2,2-3H3,(H,15,17). The molecule has 0 aromatic heterocycles. The third-order valence-corrected chi connectivity index (χ3v) is 4.10. The maximum atomic E-state index is 12.2. The summed E-state index contributed by atoms with van der Waals surface area (Å²) in [7, 11) is -3.71. The molecule has 1 rings (SSSR count). The highest BCUT2D eigenvalue weighted by Gasteiger charge is 2.21. The van der Waals surface area contributed by atoms with E-state index in [2.05, 4.69) is 16.6 Å². The zero-order valence-electron chi connectivity index (χ0n) is 12.2. The minimum absolute atomic E-state index is 0.0440. The third kappa shape index (κ3) is 4.57. The van der Waals surface area contributed by atoms with Crippen molar-refractivity contribution in [3.63, 3.8) is 0 Å². The van der Waals surface area contributed by atoms with Gasteiger partial charge in [0.05, 0.1) is 6.61 Å². The van der Waals surface area contributed by atoms with Crippen molar-refractivity contribution < 1.29 is 17.9 Å². The molecule has 0 aliphatic carbocycles.